The van der Waals surface area contributed by atoms with Gasteiger partial charge in [-0.3, -0.25) is 9.88 Å². The van der Waals surface area contributed by atoms with Crippen LogP contribution in [0.3, 0.4) is 0 Å². The van der Waals surface area contributed by atoms with E-state index in [1.165, 1.54) is 18.4 Å². The molecule has 1 saturated heterocycles. The van der Waals surface area contributed by atoms with Crippen molar-refractivity contribution in [2.24, 2.45) is 11.7 Å². The van der Waals surface area contributed by atoms with Crippen molar-refractivity contribution in [2.75, 3.05) is 20.1 Å². The van der Waals surface area contributed by atoms with Gasteiger partial charge in [0.2, 0.25) is 0 Å². The van der Waals surface area contributed by atoms with Crippen LogP contribution in [-0.4, -0.2) is 30.0 Å². The van der Waals surface area contributed by atoms with E-state index in [2.05, 4.69) is 23.0 Å². The number of hydrogen-bond donors (Lipinski definition) is 1. The number of hydrogen-bond acceptors (Lipinski definition) is 3. The standard InChI is InChI=1S/C12H19N3/c1-15-7-3-5-10(8-13)12(15)11-4-2-6-14-9-11/h2,4,6,9-10,12H,3,5,7-8,13H2,1H3/t10-,12+/m1/s1. The van der Waals surface area contributed by atoms with E-state index in [1.54, 1.807) is 0 Å². The molecule has 1 aromatic heterocycles. The van der Waals surface area contributed by atoms with Crippen molar-refractivity contribution in [3.63, 3.8) is 0 Å². The summed E-state index contributed by atoms with van der Waals surface area (Å²) in [6, 6.07) is 4.62. The Balaban J connectivity index is 2.23. The molecule has 0 saturated carbocycles. The van der Waals surface area contributed by atoms with Gasteiger partial charge in [0.25, 0.3) is 0 Å². The van der Waals surface area contributed by atoms with E-state index >= 15 is 0 Å². The molecule has 2 rings (SSSR count). The topological polar surface area (TPSA) is 42.1 Å². The number of rotatable bonds is 2. The molecule has 2 heterocycles. The Morgan fingerprint density at radius 2 is 2.47 bits per heavy atom. The fourth-order valence-electron chi connectivity index (χ4n) is 2.58. The number of aromatic nitrogens is 1. The maximum Gasteiger partial charge on any atom is 0.0400 e. The molecule has 3 nitrogen and oxygen atoms in total. The fraction of sp³-hybridized carbons (Fsp3) is 0.583. The zero-order valence-electron chi connectivity index (χ0n) is 9.26. The summed E-state index contributed by atoms with van der Waals surface area (Å²) in [4.78, 5) is 6.60. The van der Waals surface area contributed by atoms with Gasteiger partial charge in [-0.1, -0.05) is 6.07 Å². The second-order valence-electron chi connectivity index (χ2n) is 4.35. The van der Waals surface area contributed by atoms with Crippen LogP contribution in [0.4, 0.5) is 0 Å². The summed E-state index contributed by atoms with van der Waals surface area (Å²) in [5.74, 6) is 0.577. The molecule has 1 fully saturated rings. The van der Waals surface area contributed by atoms with Crippen molar-refractivity contribution in [2.45, 2.75) is 18.9 Å². The first kappa shape index (κ1) is 10.6. The summed E-state index contributed by atoms with van der Waals surface area (Å²) in [6.45, 7) is 1.93. The van der Waals surface area contributed by atoms with Gasteiger partial charge in [-0.05, 0) is 50.5 Å². The summed E-state index contributed by atoms with van der Waals surface area (Å²) < 4.78 is 0. The maximum atomic E-state index is 5.85. The molecule has 15 heavy (non-hydrogen) atoms. The second kappa shape index (κ2) is 4.73. The van der Waals surface area contributed by atoms with Crippen molar-refractivity contribution >= 4 is 0 Å². The Bertz CT molecular complexity index is 299. The largest absolute Gasteiger partial charge is 0.330 e. The van der Waals surface area contributed by atoms with Gasteiger partial charge < -0.3 is 5.73 Å². The molecule has 0 unspecified atom stereocenters. The molecule has 0 bridgehead atoms. The molecule has 0 aliphatic carbocycles. The highest BCUT2D eigenvalue weighted by Gasteiger charge is 2.29. The Morgan fingerprint density at radius 1 is 1.60 bits per heavy atom. The lowest BCUT2D eigenvalue weighted by atomic mass is 9.86. The van der Waals surface area contributed by atoms with Crippen LogP contribution in [0.15, 0.2) is 24.5 Å². The minimum absolute atomic E-state index is 0.456. The maximum absolute atomic E-state index is 5.85. The third-order valence-corrected chi connectivity index (χ3v) is 3.34. The first-order chi connectivity index (χ1) is 7.33. The molecule has 0 radical (unpaired) electrons. The van der Waals surface area contributed by atoms with Gasteiger partial charge in [0.1, 0.15) is 0 Å². The average Bonchev–Trinajstić information content (AvgIpc) is 2.29. The van der Waals surface area contributed by atoms with Crippen LogP contribution in [0.5, 0.6) is 0 Å². The van der Waals surface area contributed by atoms with E-state index in [0.29, 0.717) is 12.0 Å². The van der Waals surface area contributed by atoms with E-state index in [-0.39, 0.29) is 0 Å². The minimum Gasteiger partial charge on any atom is -0.330 e. The number of piperidine rings is 1. The average molecular weight is 205 g/mol. The van der Waals surface area contributed by atoms with Crippen LogP contribution in [0.25, 0.3) is 0 Å². The van der Waals surface area contributed by atoms with Gasteiger partial charge in [0, 0.05) is 18.4 Å². The number of likely N-dealkylation sites (tertiary alicyclic amines) is 1. The smallest absolute Gasteiger partial charge is 0.0400 e. The lowest BCUT2D eigenvalue weighted by Gasteiger charge is -2.38. The Kier molecular flexibility index (Phi) is 3.34. The highest BCUT2D eigenvalue weighted by atomic mass is 15.1. The molecule has 3 heteroatoms. The van der Waals surface area contributed by atoms with Crippen LogP contribution in [0, 0.1) is 5.92 Å². The van der Waals surface area contributed by atoms with Crippen LogP contribution in [0.1, 0.15) is 24.4 Å². The van der Waals surface area contributed by atoms with Crippen LogP contribution >= 0.6 is 0 Å². The zero-order chi connectivity index (χ0) is 10.7. The number of pyridine rings is 1. The van der Waals surface area contributed by atoms with Crippen molar-refractivity contribution in [1.29, 1.82) is 0 Å². The predicted molar refractivity (Wildman–Crippen MR) is 61.4 cm³/mol. The highest BCUT2D eigenvalue weighted by molar-refractivity contribution is 5.16. The van der Waals surface area contributed by atoms with E-state index in [1.807, 2.05) is 18.5 Å². The monoisotopic (exact) mass is 205 g/mol. The van der Waals surface area contributed by atoms with Crippen molar-refractivity contribution < 1.29 is 0 Å². The Morgan fingerprint density at radius 3 is 3.13 bits per heavy atom. The van der Waals surface area contributed by atoms with Gasteiger partial charge in [0.05, 0.1) is 0 Å². The van der Waals surface area contributed by atoms with Gasteiger partial charge in [0.15, 0.2) is 0 Å². The first-order valence-electron chi connectivity index (χ1n) is 5.63. The number of nitrogens with two attached hydrogens (primary N) is 1. The molecule has 2 atom stereocenters. The molecule has 1 aliphatic heterocycles. The van der Waals surface area contributed by atoms with Crippen LogP contribution < -0.4 is 5.73 Å². The molecular weight excluding hydrogens is 186 g/mol. The van der Waals surface area contributed by atoms with Gasteiger partial charge >= 0.3 is 0 Å². The molecule has 0 spiro atoms. The molecule has 82 valence electrons. The van der Waals surface area contributed by atoms with E-state index in [9.17, 15) is 0 Å². The Hall–Kier alpha value is -0.930. The normalized spacial score (nSPS) is 27.9. The third-order valence-electron chi connectivity index (χ3n) is 3.34. The fourth-order valence-corrected chi connectivity index (χ4v) is 2.58. The van der Waals surface area contributed by atoms with Crippen LogP contribution in [-0.2, 0) is 0 Å². The summed E-state index contributed by atoms with van der Waals surface area (Å²) in [5, 5.41) is 0. The van der Waals surface area contributed by atoms with Crippen molar-refractivity contribution in [3.05, 3.63) is 30.1 Å². The SMILES string of the molecule is CN1CCC[C@H](CN)[C@H]1c1cccnc1. The molecule has 0 aromatic carbocycles. The zero-order valence-corrected chi connectivity index (χ0v) is 9.26. The molecule has 2 N–H and O–H groups in total. The summed E-state index contributed by atoms with van der Waals surface area (Å²) in [5.41, 5.74) is 7.15. The summed E-state index contributed by atoms with van der Waals surface area (Å²) in [7, 11) is 2.18. The molecule has 0 amide bonds. The summed E-state index contributed by atoms with van der Waals surface area (Å²) in [6.07, 6.45) is 6.29. The lowest BCUT2D eigenvalue weighted by molar-refractivity contribution is 0.125. The predicted octanol–water partition coefficient (Wildman–Crippen LogP) is 1.42. The molecule has 1 aromatic rings. The second-order valence-corrected chi connectivity index (χ2v) is 4.35. The van der Waals surface area contributed by atoms with Gasteiger partial charge in [-0.2, -0.15) is 0 Å². The van der Waals surface area contributed by atoms with Gasteiger partial charge in [-0.15, -0.1) is 0 Å². The van der Waals surface area contributed by atoms with E-state index < -0.39 is 0 Å². The van der Waals surface area contributed by atoms with Gasteiger partial charge in [-0.25, -0.2) is 0 Å². The summed E-state index contributed by atoms with van der Waals surface area (Å²) >= 11 is 0. The van der Waals surface area contributed by atoms with Crippen molar-refractivity contribution in [3.8, 4) is 0 Å². The lowest BCUT2D eigenvalue weighted by Crippen LogP contribution is -2.39. The third kappa shape index (κ3) is 2.19. The van der Waals surface area contributed by atoms with E-state index in [0.717, 1.165) is 13.1 Å². The Labute approximate surface area is 91.3 Å². The van der Waals surface area contributed by atoms with E-state index in [4.69, 9.17) is 5.73 Å². The molecular formula is C12H19N3. The number of nitrogens with zero attached hydrogens (tertiary/aromatic N) is 2. The quantitative estimate of drug-likeness (QED) is 0.794. The van der Waals surface area contributed by atoms with Crippen molar-refractivity contribution in [1.82, 2.24) is 9.88 Å². The highest BCUT2D eigenvalue weighted by Crippen LogP contribution is 2.33. The first-order valence-corrected chi connectivity index (χ1v) is 5.63. The molecule has 1 aliphatic rings. The van der Waals surface area contributed by atoms with Crippen LogP contribution in [0.2, 0.25) is 0 Å². The minimum atomic E-state index is 0.456.